The molecule has 3 rings (SSSR count). The van der Waals surface area contributed by atoms with Crippen molar-refractivity contribution in [2.24, 2.45) is 0 Å². The van der Waals surface area contributed by atoms with Crippen molar-refractivity contribution in [2.75, 3.05) is 55.3 Å². The van der Waals surface area contributed by atoms with Crippen molar-refractivity contribution in [3.05, 3.63) is 52.5 Å². The van der Waals surface area contributed by atoms with E-state index in [4.69, 9.17) is 11.6 Å². The van der Waals surface area contributed by atoms with Crippen LogP contribution in [0.25, 0.3) is 0 Å². The molecule has 0 bridgehead atoms. The number of hydrogen-bond donors (Lipinski definition) is 3. The molecule has 0 aromatic heterocycles. The fourth-order valence-electron chi connectivity index (χ4n) is 3.79. The molecule has 0 aliphatic carbocycles. The summed E-state index contributed by atoms with van der Waals surface area (Å²) in [7, 11) is 1.84. The summed E-state index contributed by atoms with van der Waals surface area (Å²) in [6.45, 7) is 5.82. The molecule has 0 unspecified atom stereocenters. The minimum absolute atomic E-state index is 0.0828. The average Bonchev–Trinajstić information content (AvgIpc) is 3.04. The number of anilines is 3. The van der Waals surface area contributed by atoms with Crippen LogP contribution in [-0.2, 0) is 16.1 Å². The predicted octanol–water partition coefficient (Wildman–Crippen LogP) is 3.09. The predicted molar refractivity (Wildman–Crippen MR) is 127 cm³/mol. The van der Waals surface area contributed by atoms with Gasteiger partial charge in [0.25, 0.3) is 0 Å². The number of halogens is 1. The maximum atomic E-state index is 12.8. The highest BCUT2D eigenvalue weighted by Gasteiger charge is 2.19. The van der Waals surface area contributed by atoms with E-state index >= 15 is 0 Å². The Morgan fingerprint density at radius 3 is 2.71 bits per heavy atom. The van der Waals surface area contributed by atoms with E-state index < -0.39 is 0 Å². The number of amides is 2. The number of hydrogen-bond acceptors (Lipinski definition) is 5. The molecule has 0 radical (unpaired) electrons. The first-order chi connectivity index (χ1) is 15.0. The molecule has 1 saturated heterocycles. The molecule has 2 aromatic rings. The zero-order chi connectivity index (χ0) is 22.2. The van der Waals surface area contributed by atoms with Gasteiger partial charge in [0, 0.05) is 61.9 Å². The standard InChI is InChI=1S/C23H30ClN5O2/c1-17-12-20(5-6-21(17)24)28-8-3-9-29(11-10-28)23(31)15-27-19-4-7-22(25-2)18(13-19)14-26-16-30/h4-7,12-13,16,25,27H,3,8-11,14-15H2,1-2H3,(H,26,30). The molecule has 0 spiro atoms. The largest absolute Gasteiger partial charge is 0.388 e. The van der Waals surface area contributed by atoms with Gasteiger partial charge in [0.05, 0.1) is 6.54 Å². The van der Waals surface area contributed by atoms with Crippen molar-refractivity contribution >= 4 is 41.0 Å². The summed E-state index contributed by atoms with van der Waals surface area (Å²) in [5.41, 5.74) is 4.96. The van der Waals surface area contributed by atoms with Gasteiger partial charge in [0.1, 0.15) is 0 Å². The third kappa shape index (κ3) is 6.04. The zero-order valence-electron chi connectivity index (χ0n) is 18.1. The van der Waals surface area contributed by atoms with Gasteiger partial charge in [0.2, 0.25) is 12.3 Å². The lowest BCUT2D eigenvalue weighted by molar-refractivity contribution is -0.129. The topological polar surface area (TPSA) is 76.7 Å². The van der Waals surface area contributed by atoms with Crippen molar-refractivity contribution in [1.82, 2.24) is 10.2 Å². The fraction of sp³-hybridized carbons (Fsp3) is 0.391. The zero-order valence-corrected chi connectivity index (χ0v) is 18.8. The third-order valence-electron chi connectivity index (χ3n) is 5.55. The second kappa shape index (κ2) is 10.9. The quantitative estimate of drug-likeness (QED) is 0.546. The molecule has 31 heavy (non-hydrogen) atoms. The summed E-state index contributed by atoms with van der Waals surface area (Å²) in [6.07, 6.45) is 1.60. The Bertz CT molecular complexity index is 921. The monoisotopic (exact) mass is 443 g/mol. The van der Waals surface area contributed by atoms with Crippen LogP contribution in [0.2, 0.25) is 5.02 Å². The number of nitrogens with one attached hydrogen (secondary N) is 3. The molecule has 1 heterocycles. The van der Waals surface area contributed by atoms with Gasteiger partial charge in [-0.25, -0.2) is 0 Å². The van der Waals surface area contributed by atoms with Crippen molar-refractivity contribution in [2.45, 2.75) is 19.9 Å². The number of aryl methyl sites for hydroxylation is 1. The van der Waals surface area contributed by atoms with Crippen LogP contribution in [0.1, 0.15) is 17.5 Å². The van der Waals surface area contributed by atoms with Crippen molar-refractivity contribution in [3.63, 3.8) is 0 Å². The first-order valence-electron chi connectivity index (χ1n) is 10.5. The molecule has 166 valence electrons. The number of benzene rings is 2. The number of carbonyl (C=O) groups is 2. The fourth-order valence-corrected chi connectivity index (χ4v) is 3.90. The Kier molecular flexibility index (Phi) is 8.00. The second-order valence-electron chi connectivity index (χ2n) is 7.63. The average molecular weight is 444 g/mol. The van der Waals surface area contributed by atoms with E-state index in [0.29, 0.717) is 19.5 Å². The number of nitrogens with zero attached hydrogens (tertiary/aromatic N) is 2. The van der Waals surface area contributed by atoms with Crippen LogP contribution in [0.15, 0.2) is 36.4 Å². The lowest BCUT2D eigenvalue weighted by atomic mass is 10.1. The summed E-state index contributed by atoms with van der Waals surface area (Å²) in [5.74, 6) is 0.0828. The summed E-state index contributed by atoms with van der Waals surface area (Å²) in [6, 6.07) is 11.9. The summed E-state index contributed by atoms with van der Waals surface area (Å²) < 4.78 is 0. The van der Waals surface area contributed by atoms with Crippen LogP contribution in [0, 0.1) is 6.92 Å². The van der Waals surface area contributed by atoms with E-state index in [1.165, 1.54) is 0 Å². The normalized spacial score (nSPS) is 14.0. The molecule has 1 aliphatic heterocycles. The third-order valence-corrected chi connectivity index (χ3v) is 5.97. The molecule has 3 N–H and O–H groups in total. The Hall–Kier alpha value is -2.93. The molecular formula is C23H30ClN5O2. The van der Waals surface area contributed by atoms with Gasteiger partial charge >= 0.3 is 0 Å². The van der Waals surface area contributed by atoms with Gasteiger partial charge in [-0.2, -0.15) is 0 Å². The van der Waals surface area contributed by atoms with Crippen LogP contribution in [-0.4, -0.2) is 57.0 Å². The Morgan fingerprint density at radius 1 is 1.13 bits per heavy atom. The summed E-state index contributed by atoms with van der Waals surface area (Å²) in [4.78, 5) is 27.7. The molecule has 2 amide bonds. The molecule has 7 nitrogen and oxygen atoms in total. The lowest BCUT2D eigenvalue weighted by Gasteiger charge is -2.24. The molecule has 0 atom stereocenters. The van der Waals surface area contributed by atoms with Crippen LogP contribution < -0.4 is 20.9 Å². The first kappa shape index (κ1) is 22.7. The highest BCUT2D eigenvalue weighted by molar-refractivity contribution is 6.31. The maximum Gasteiger partial charge on any atom is 0.241 e. The highest BCUT2D eigenvalue weighted by atomic mass is 35.5. The van der Waals surface area contributed by atoms with E-state index in [0.717, 1.165) is 59.3 Å². The van der Waals surface area contributed by atoms with Gasteiger partial charge in [0.15, 0.2) is 0 Å². The van der Waals surface area contributed by atoms with Gasteiger partial charge in [-0.3, -0.25) is 9.59 Å². The van der Waals surface area contributed by atoms with E-state index in [-0.39, 0.29) is 12.5 Å². The van der Waals surface area contributed by atoms with Crippen LogP contribution >= 0.6 is 11.6 Å². The van der Waals surface area contributed by atoms with Gasteiger partial charge < -0.3 is 25.8 Å². The van der Waals surface area contributed by atoms with Crippen LogP contribution in [0.3, 0.4) is 0 Å². The maximum absolute atomic E-state index is 12.8. The molecule has 2 aromatic carbocycles. The van der Waals surface area contributed by atoms with E-state index in [1.54, 1.807) is 0 Å². The van der Waals surface area contributed by atoms with Crippen LogP contribution in [0.5, 0.6) is 0 Å². The SMILES string of the molecule is CNc1ccc(NCC(=O)N2CCCN(c3ccc(Cl)c(C)c3)CC2)cc1CNC=O. The minimum Gasteiger partial charge on any atom is -0.388 e. The molecule has 8 heteroatoms. The highest BCUT2D eigenvalue weighted by Crippen LogP contribution is 2.24. The summed E-state index contributed by atoms with van der Waals surface area (Å²) in [5, 5.41) is 9.78. The van der Waals surface area contributed by atoms with Crippen molar-refractivity contribution in [3.8, 4) is 0 Å². The van der Waals surface area contributed by atoms with Gasteiger partial charge in [-0.1, -0.05) is 11.6 Å². The van der Waals surface area contributed by atoms with E-state index in [1.807, 2.05) is 49.2 Å². The van der Waals surface area contributed by atoms with Gasteiger partial charge in [-0.05, 0) is 60.9 Å². The first-order valence-corrected chi connectivity index (χ1v) is 10.9. The Balaban J connectivity index is 1.56. The van der Waals surface area contributed by atoms with Gasteiger partial charge in [-0.15, -0.1) is 0 Å². The summed E-state index contributed by atoms with van der Waals surface area (Å²) >= 11 is 6.15. The minimum atomic E-state index is 0.0828. The van der Waals surface area contributed by atoms with E-state index in [2.05, 4.69) is 26.9 Å². The molecule has 1 aliphatic rings. The Morgan fingerprint density at radius 2 is 1.97 bits per heavy atom. The molecule has 1 fully saturated rings. The molecular weight excluding hydrogens is 414 g/mol. The van der Waals surface area contributed by atoms with Crippen LogP contribution in [0.4, 0.5) is 17.1 Å². The smallest absolute Gasteiger partial charge is 0.241 e. The Labute approximate surface area is 188 Å². The molecule has 0 saturated carbocycles. The number of rotatable bonds is 8. The van der Waals surface area contributed by atoms with Crippen molar-refractivity contribution < 1.29 is 9.59 Å². The van der Waals surface area contributed by atoms with Crippen molar-refractivity contribution in [1.29, 1.82) is 0 Å². The number of carbonyl (C=O) groups excluding carboxylic acids is 2. The second-order valence-corrected chi connectivity index (χ2v) is 8.04. The van der Waals surface area contributed by atoms with E-state index in [9.17, 15) is 9.59 Å². The lowest BCUT2D eigenvalue weighted by Crippen LogP contribution is -2.38.